The third-order valence-electron chi connectivity index (χ3n) is 5.13. The van der Waals surface area contributed by atoms with Gasteiger partial charge in [-0.05, 0) is 27.0 Å². The highest BCUT2D eigenvalue weighted by Gasteiger charge is 2.55. The summed E-state index contributed by atoms with van der Waals surface area (Å²) < 4.78 is 5.69. The predicted octanol–water partition coefficient (Wildman–Crippen LogP) is 2.23. The highest BCUT2D eigenvalue weighted by Crippen LogP contribution is 2.41. The number of carbonyl (C=O) groups excluding carboxylic acids is 2. The van der Waals surface area contributed by atoms with Crippen LogP contribution in [0.15, 0.2) is 54.6 Å². The highest BCUT2D eigenvalue weighted by atomic mass is 16.5. The van der Waals surface area contributed by atoms with E-state index in [1.165, 1.54) is 4.90 Å². The lowest BCUT2D eigenvalue weighted by Crippen LogP contribution is -2.43. The van der Waals surface area contributed by atoms with E-state index >= 15 is 0 Å². The van der Waals surface area contributed by atoms with Crippen molar-refractivity contribution in [2.75, 3.05) is 20.2 Å². The molecule has 0 spiro atoms. The second kappa shape index (κ2) is 7.50. The maximum absolute atomic E-state index is 13.3. The van der Waals surface area contributed by atoms with Crippen LogP contribution < -0.4 is 4.74 Å². The average Bonchev–Trinajstić information content (AvgIpc) is 2.85. The van der Waals surface area contributed by atoms with Crippen molar-refractivity contribution in [1.82, 2.24) is 9.80 Å². The average molecular weight is 368 g/mol. The molecule has 6 nitrogen and oxygen atoms in total. The van der Waals surface area contributed by atoms with Gasteiger partial charge in [-0.1, -0.05) is 48.5 Å². The van der Waals surface area contributed by atoms with Crippen molar-refractivity contribution in [3.8, 4) is 5.75 Å². The van der Waals surface area contributed by atoms with Crippen molar-refractivity contribution < 1.29 is 19.4 Å². The van der Waals surface area contributed by atoms with Crippen LogP contribution in [-0.2, 0) is 10.3 Å². The summed E-state index contributed by atoms with van der Waals surface area (Å²) in [5.74, 6) is 0.0267. The van der Waals surface area contributed by atoms with Gasteiger partial charge in [0.25, 0.3) is 5.91 Å². The van der Waals surface area contributed by atoms with Gasteiger partial charge in [0.2, 0.25) is 0 Å². The zero-order valence-electron chi connectivity index (χ0n) is 15.8. The normalized spacial score (nSPS) is 22.9. The van der Waals surface area contributed by atoms with Crippen LogP contribution in [0.5, 0.6) is 5.75 Å². The summed E-state index contributed by atoms with van der Waals surface area (Å²) in [5, 5.41) is 10.7. The fourth-order valence-corrected chi connectivity index (χ4v) is 3.45. The number of Topliss-reactive ketones (excluding diaryl/α,β-unsaturated/α-hetero) is 1. The number of benzene rings is 2. The van der Waals surface area contributed by atoms with Gasteiger partial charge in [-0.3, -0.25) is 14.5 Å². The lowest BCUT2D eigenvalue weighted by Gasteiger charge is -2.31. The number of ketones is 1. The molecular weight excluding hydrogens is 344 g/mol. The Labute approximate surface area is 159 Å². The van der Waals surface area contributed by atoms with Crippen LogP contribution in [-0.4, -0.2) is 53.1 Å². The predicted molar refractivity (Wildman–Crippen MR) is 101 cm³/mol. The van der Waals surface area contributed by atoms with Crippen molar-refractivity contribution >= 4 is 11.7 Å². The van der Waals surface area contributed by atoms with Gasteiger partial charge < -0.3 is 9.84 Å². The number of amides is 1. The third kappa shape index (κ3) is 3.22. The first-order valence-electron chi connectivity index (χ1n) is 8.93. The van der Waals surface area contributed by atoms with Crippen molar-refractivity contribution in [1.29, 1.82) is 0 Å². The molecule has 3 rings (SSSR count). The van der Waals surface area contributed by atoms with E-state index in [9.17, 15) is 14.7 Å². The Morgan fingerprint density at radius 3 is 2.44 bits per heavy atom. The molecule has 1 amide bonds. The van der Waals surface area contributed by atoms with Gasteiger partial charge in [-0.25, -0.2) is 4.90 Å². The monoisotopic (exact) mass is 368 g/mol. The number of nitrogens with zero attached hydrogens (tertiary/aromatic N) is 2. The van der Waals surface area contributed by atoms with Crippen molar-refractivity contribution in [3.63, 3.8) is 0 Å². The van der Waals surface area contributed by atoms with Gasteiger partial charge in [0.05, 0.1) is 13.2 Å². The van der Waals surface area contributed by atoms with E-state index in [1.54, 1.807) is 49.2 Å². The summed E-state index contributed by atoms with van der Waals surface area (Å²) in [4.78, 5) is 28.6. The zero-order valence-corrected chi connectivity index (χ0v) is 15.8. The summed E-state index contributed by atoms with van der Waals surface area (Å²) in [6.45, 7) is 3.88. The van der Waals surface area contributed by atoms with Crippen LogP contribution in [0.3, 0.4) is 0 Å². The van der Waals surface area contributed by atoms with Gasteiger partial charge in [-0.15, -0.1) is 0 Å². The number of hydrogen-bond donors (Lipinski definition) is 1. The third-order valence-corrected chi connectivity index (χ3v) is 5.13. The van der Waals surface area contributed by atoms with Gasteiger partial charge in [0, 0.05) is 11.1 Å². The standard InChI is InChI=1S/C21H24N2O4/c1-4-27-18-13-9-8-12-16(18)21(2)19(25)23(20(26)22(21)3)14-17(24)15-10-6-5-7-11-15/h5-13,20,26H,4,14H2,1-3H3. The summed E-state index contributed by atoms with van der Waals surface area (Å²) in [5.41, 5.74) is 0.0267. The molecule has 1 aliphatic rings. The van der Waals surface area contributed by atoms with E-state index in [2.05, 4.69) is 0 Å². The van der Waals surface area contributed by atoms with Gasteiger partial charge in [-0.2, -0.15) is 0 Å². The summed E-state index contributed by atoms with van der Waals surface area (Å²) in [6, 6.07) is 16.0. The number of rotatable bonds is 6. The maximum atomic E-state index is 13.3. The van der Waals surface area contributed by atoms with Crippen molar-refractivity contribution in [3.05, 3.63) is 65.7 Å². The molecule has 1 heterocycles. The Hall–Kier alpha value is -2.70. The molecule has 0 bridgehead atoms. The minimum Gasteiger partial charge on any atom is -0.494 e. The molecule has 6 heteroatoms. The van der Waals surface area contributed by atoms with E-state index in [-0.39, 0.29) is 18.2 Å². The Kier molecular flexibility index (Phi) is 5.30. The Bertz CT molecular complexity index is 839. The molecule has 0 radical (unpaired) electrons. The molecule has 1 saturated heterocycles. The number of ether oxygens (including phenoxy) is 1. The number of aliphatic hydroxyl groups excluding tert-OH is 1. The Morgan fingerprint density at radius 1 is 1.15 bits per heavy atom. The van der Waals surface area contributed by atoms with E-state index in [0.29, 0.717) is 23.5 Å². The van der Waals surface area contributed by atoms with Gasteiger partial charge in [0.1, 0.15) is 11.3 Å². The molecule has 2 aromatic rings. The van der Waals surface area contributed by atoms with Gasteiger partial charge >= 0.3 is 0 Å². The number of carbonyl (C=O) groups is 2. The van der Waals surface area contributed by atoms with Crippen LogP contribution in [0.25, 0.3) is 0 Å². The van der Waals surface area contributed by atoms with Gasteiger partial charge in [0.15, 0.2) is 12.1 Å². The molecule has 2 atom stereocenters. The lowest BCUT2D eigenvalue weighted by molar-refractivity contribution is -0.135. The van der Waals surface area contributed by atoms with Crippen molar-refractivity contribution in [2.45, 2.75) is 25.7 Å². The minimum absolute atomic E-state index is 0.194. The molecular formula is C21H24N2O4. The zero-order chi connectivity index (χ0) is 19.6. The second-order valence-corrected chi connectivity index (χ2v) is 6.68. The molecule has 27 heavy (non-hydrogen) atoms. The van der Waals surface area contributed by atoms with Crippen LogP contribution in [0.2, 0.25) is 0 Å². The minimum atomic E-state index is -1.20. The molecule has 0 saturated carbocycles. The molecule has 0 aliphatic carbocycles. The first-order chi connectivity index (χ1) is 12.9. The quantitative estimate of drug-likeness (QED) is 0.792. The second-order valence-electron chi connectivity index (χ2n) is 6.68. The molecule has 1 aliphatic heterocycles. The molecule has 2 unspecified atom stereocenters. The van der Waals surface area contributed by atoms with E-state index < -0.39 is 11.9 Å². The number of aliphatic hydroxyl groups is 1. The number of likely N-dealkylation sites (N-methyl/N-ethyl adjacent to an activating group) is 1. The summed E-state index contributed by atoms with van der Waals surface area (Å²) in [6.07, 6.45) is -1.20. The van der Waals surface area contributed by atoms with Crippen molar-refractivity contribution in [2.24, 2.45) is 0 Å². The molecule has 1 N–H and O–H groups in total. The molecule has 2 aromatic carbocycles. The van der Waals surface area contributed by atoms with Crippen LogP contribution in [0.1, 0.15) is 29.8 Å². The fraction of sp³-hybridized carbons (Fsp3) is 0.333. The fourth-order valence-electron chi connectivity index (χ4n) is 3.45. The van der Waals surface area contributed by atoms with E-state index in [0.717, 1.165) is 0 Å². The van der Waals surface area contributed by atoms with Crippen LogP contribution in [0.4, 0.5) is 0 Å². The highest BCUT2D eigenvalue weighted by molar-refractivity contribution is 6.01. The van der Waals surface area contributed by atoms with E-state index in [1.807, 2.05) is 31.2 Å². The summed E-state index contributed by atoms with van der Waals surface area (Å²) >= 11 is 0. The Morgan fingerprint density at radius 2 is 1.78 bits per heavy atom. The molecule has 142 valence electrons. The number of hydrogen-bond acceptors (Lipinski definition) is 5. The summed E-state index contributed by atoms with van der Waals surface area (Å²) in [7, 11) is 1.66. The first kappa shape index (κ1) is 19.1. The maximum Gasteiger partial charge on any atom is 0.251 e. The number of para-hydroxylation sites is 1. The topological polar surface area (TPSA) is 70.1 Å². The SMILES string of the molecule is CCOc1ccccc1C1(C)C(=O)N(CC(=O)c2ccccc2)C(O)N1C. The smallest absolute Gasteiger partial charge is 0.251 e. The lowest BCUT2D eigenvalue weighted by atomic mass is 9.89. The first-order valence-corrected chi connectivity index (χ1v) is 8.93. The van der Waals surface area contributed by atoms with Crippen LogP contribution >= 0.6 is 0 Å². The Balaban J connectivity index is 1.93. The van der Waals surface area contributed by atoms with Crippen LogP contribution in [0, 0.1) is 0 Å². The molecule has 0 aromatic heterocycles. The molecule has 1 fully saturated rings. The largest absolute Gasteiger partial charge is 0.494 e. The van der Waals surface area contributed by atoms with E-state index in [4.69, 9.17) is 4.74 Å².